The van der Waals surface area contributed by atoms with Gasteiger partial charge in [0.2, 0.25) is 5.96 Å². The maximum atomic E-state index is 4.28. The largest absolute Gasteiger partial charge is 0.353 e. The van der Waals surface area contributed by atoms with Crippen LogP contribution in [0.25, 0.3) is 21.5 Å². The summed E-state index contributed by atoms with van der Waals surface area (Å²) in [4.78, 5) is 4.28. The molecule has 0 unspecified atom stereocenters. The van der Waals surface area contributed by atoms with E-state index in [9.17, 15) is 0 Å². The van der Waals surface area contributed by atoms with Crippen LogP contribution in [-0.4, -0.2) is 19.0 Å². The molecule has 0 fully saturated rings. The van der Waals surface area contributed by atoms with Gasteiger partial charge in [0.05, 0.1) is 6.54 Å². The molecule has 1 aliphatic heterocycles. The first-order chi connectivity index (χ1) is 10.9. The number of hydrogen-bond acceptors (Lipinski definition) is 4. The Morgan fingerprint density at radius 1 is 0.909 bits per heavy atom. The number of hydrogen-bond donors (Lipinski definition) is 3. The molecule has 4 heteroatoms. The van der Waals surface area contributed by atoms with Gasteiger partial charge >= 0.3 is 0 Å². The number of nitrogens with zero attached hydrogens (tertiary/aromatic N) is 1. The van der Waals surface area contributed by atoms with Crippen molar-refractivity contribution >= 4 is 27.5 Å². The van der Waals surface area contributed by atoms with Crippen molar-refractivity contribution in [1.82, 2.24) is 16.2 Å². The number of aliphatic imine (C=N–C) groups is 1. The lowest BCUT2D eigenvalue weighted by Gasteiger charge is -2.09. The summed E-state index contributed by atoms with van der Waals surface area (Å²) >= 11 is 0. The molecule has 0 aliphatic carbocycles. The first kappa shape index (κ1) is 13.1. The fraction of sp³-hybridized carbons (Fsp3) is 0.167. The van der Waals surface area contributed by atoms with Crippen LogP contribution in [0.2, 0.25) is 0 Å². The van der Waals surface area contributed by atoms with Crippen LogP contribution in [0.3, 0.4) is 0 Å². The zero-order valence-electron chi connectivity index (χ0n) is 12.3. The molecule has 0 amide bonds. The molecule has 0 radical (unpaired) electrons. The van der Waals surface area contributed by atoms with E-state index >= 15 is 0 Å². The monoisotopic (exact) mass is 290 g/mol. The third-order valence-electron chi connectivity index (χ3n) is 3.94. The number of rotatable bonds is 3. The van der Waals surface area contributed by atoms with Crippen LogP contribution in [0.4, 0.5) is 0 Å². The minimum Gasteiger partial charge on any atom is -0.353 e. The summed E-state index contributed by atoms with van der Waals surface area (Å²) < 4.78 is 0. The second-order valence-corrected chi connectivity index (χ2v) is 5.52. The number of hydrazine groups is 1. The predicted octanol–water partition coefficient (Wildman–Crippen LogP) is 2.55. The smallest absolute Gasteiger partial charge is 0.206 e. The molecule has 0 atom stereocenters. The lowest BCUT2D eigenvalue weighted by atomic mass is 10.0. The quantitative estimate of drug-likeness (QED) is 0.513. The van der Waals surface area contributed by atoms with E-state index in [2.05, 4.69) is 75.8 Å². The van der Waals surface area contributed by atoms with Crippen molar-refractivity contribution in [3.8, 4) is 0 Å². The van der Waals surface area contributed by atoms with Gasteiger partial charge in [0.1, 0.15) is 0 Å². The van der Waals surface area contributed by atoms with Gasteiger partial charge in [-0.15, -0.1) is 0 Å². The van der Waals surface area contributed by atoms with Crippen molar-refractivity contribution in [2.45, 2.75) is 6.54 Å². The van der Waals surface area contributed by atoms with Crippen molar-refractivity contribution in [2.24, 2.45) is 4.99 Å². The van der Waals surface area contributed by atoms with Gasteiger partial charge in [0, 0.05) is 13.1 Å². The molecular formula is C18H18N4. The van der Waals surface area contributed by atoms with Crippen molar-refractivity contribution in [1.29, 1.82) is 0 Å². The normalized spacial score (nSPS) is 14.1. The molecule has 1 aliphatic rings. The number of fused-ring (bicyclic) bond motifs is 2. The third kappa shape index (κ3) is 2.61. The highest BCUT2D eigenvalue weighted by molar-refractivity contribution is 5.98. The molecule has 4 nitrogen and oxygen atoms in total. The summed E-state index contributed by atoms with van der Waals surface area (Å²) in [7, 11) is 0. The number of guanidine groups is 1. The lowest BCUT2D eigenvalue weighted by Crippen LogP contribution is -2.42. The molecule has 3 N–H and O–H groups in total. The van der Waals surface area contributed by atoms with Gasteiger partial charge in [-0.05, 0) is 45.3 Å². The highest BCUT2D eigenvalue weighted by Gasteiger charge is 2.03. The molecule has 3 aromatic rings. The lowest BCUT2D eigenvalue weighted by molar-refractivity contribution is 0.643. The molecule has 0 saturated carbocycles. The van der Waals surface area contributed by atoms with Crippen LogP contribution < -0.4 is 16.2 Å². The van der Waals surface area contributed by atoms with E-state index in [0.29, 0.717) is 0 Å². The average Bonchev–Trinajstić information content (AvgIpc) is 3.06. The first-order valence-corrected chi connectivity index (χ1v) is 7.57. The standard InChI is InChI=1S/C18H18N4/c1-2-4-15-11-17-9-13(5-6-16(17)10-14(15)3-1)12-21-22-18-19-7-8-20-18/h1-6,9-11,21H,7-8,12H2,(H2,19,20,22). The second-order valence-electron chi connectivity index (χ2n) is 5.52. The topological polar surface area (TPSA) is 48.5 Å². The summed E-state index contributed by atoms with van der Waals surface area (Å²) in [6.45, 7) is 2.50. The van der Waals surface area contributed by atoms with Gasteiger partial charge in [0.25, 0.3) is 0 Å². The zero-order chi connectivity index (χ0) is 14.8. The van der Waals surface area contributed by atoms with E-state index in [-0.39, 0.29) is 0 Å². The Kier molecular flexibility index (Phi) is 3.37. The summed E-state index contributed by atoms with van der Waals surface area (Å²) in [5.41, 5.74) is 7.54. The first-order valence-electron chi connectivity index (χ1n) is 7.57. The van der Waals surface area contributed by atoms with E-state index in [1.165, 1.54) is 27.1 Å². The summed E-state index contributed by atoms with van der Waals surface area (Å²) in [5.74, 6) is 0.826. The predicted molar refractivity (Wildman–Crippen MR) is 91.7 cm³/mol. The molecule has 4 rings (SSSR count). The van der Waals surface area contributed by atoms with Crippen molar-refractivity contribution in [3.63, 3.8) is 0 Å². The zero-order valence-corrected chi connectivity index (χ0v) is 12.3. The molecule has 110 valence electrons. The maximum Gasteiger partial charge on any atom is 0.206 e. The minimum atomic E-state index is 0.753. The molecule has 0 bridgehead atoms. The fourth-order valence-corrected chi connectivity index (χ4v) is 2.81. The van der Waals surface area contributed by atoms with Crippen LogP contribution >= 0.6 is 0 Å². The maximum absolute atomic E-state index is 4.28. The van der Waals surface area contributed by atoms with E-state index in [0.717, 1.165) is 25.6 Å². The van der Waals surface area contributed by atoms with Gasteiger partial charge in [-0.2, -0.15) is 0 Å². The van der Waals surface area contributed by atoms with E-state index in [1.807, 2.05) is 0 Å². The average molecular weight is 290 g/mol. The van der Waals surface area contributed by atoms with Crippen LogP contribution in [0, 0.1) is 0 Å². The summed E-state index contributed by atoms with van der Waals surface area (Å²) in [5, 5.41) is 8.28. The number of benzene rings is 3. The summed E-state index contributed by atoms with van der Waals surface area (Å²) in [6.07, 6.45) is 0. The molecule has 0 saturated heterocycles. The van der Waals surface area contributed by atoms with Crippen LogP contribution in [0.5, 0.6) is 0 Å². The Labute approximate surface area is 129 Å². The Bertz CT molecular complexity index is 854. The van der Waals surface area contributed by atoms with Crippen LogP contribution in [0.1, 0.15) is 5.56 Å². The van der Waals surface area contributed by atoms with Crippen molar-refractivity contribution in [2.75, 3.05) is 13.1 Å². The summed E-state index contributed by atoms with van der Waals surface area (Å²) in [6, 6.07) is 19.6. The van der Waals surface area contributed by atoms with Gasteiger partial charge in [-0.1, -0.05) is 36.4 Å². The highest BCUT2D eigenvalue weighted by atomic mass is 15.4. The molecular weight excluding hydrogens is 272 g/mol. The van der Waals surface area contributed by atoms with Crippen molar-refractivity contribution < 1.29 is 0 Å². The Morgan fingerprint density at radius 3 is 2.45 bits per heavy atom. The van der Waals surface area contributed by atoms with Gasteiger partial charge in [-0.25, -0.2) is 5.43 Å². The number of nitrogens with one attached hydrogen (secondary N) is 3. The highest BCUT2D eigenvalue weighted by Crippen LogP contribution is 2.23. The second kappa shape index (κ2) is 5.66. The Balaban J connectivity index is 1.55. The fourth-order valence-electron chi connectivity index (χ4n) is 2.81. The van der Waals surface area contributed by atoms with Gasteiger partial charge < -0.3 is 5.32 Å². The molecule has 0 aromatic heterocycles. The third-order valence-corrected chi connectivity index (χ3v) is 3.94. The molecule has 0 spiro atoms. The molecule has 22 heavy (non-hydrogen) atoms. The Morgan fingerprint density at radius 2 is 1.68 bits per heavy atom. The minimum absolute atomic E-state index is 0.753. The van der Waals surface area contributed by atoms with E-state index < -0.39 is 0 Å². The van der Waals surface area contributed by atoms with Gasteiger partial charge in [0.15, 0.2) is 0 Å². The molecule has 1 heterocycles. The van der Waals surface area contributed by atoms with Crippen LogP contribution in [-0.2, 0) is 6.54 Å². The van der Waals surface area contributed by atoms with Crippen molar-refractivity contribution in [3.05, 3.63) is 60.2 Å². The van der Waals surface area contributed by atoms with Gasteiger partial charge in [-0.3, -0.25) is 10.4 Å². The Hall–Kier alpha value is -2.59. The van der Waals surface area contributed by atoms with E-state index in [4.69, 9.17) is 0 Å². The molecule has 3 aromatic carbocycles. The van der Waals surface area contributed by atoms with E-state index in [1.54, 1.807) is 0 Å². The SMILES string of the molecule is c1ccc2cc3cc(CNNC4=NCCN4)ccc3cc2c1. The van der Waals surface area contributed by atoms with Crippen LogP contribution in [0.15, 0.2) is 59.6 Å².